The van der Waals surface area contributed by atoms with E-state index in [9.17, 15) is 0 Å². The van der Waals surface area contributed by atoms with Gasteiger partial charge in [-0.05, 0) is 57.3 Å². The molecular formula is C26H39N. The highest BCUT2D eigenvalue weighted by atomic mass is 14.6. The fraction of sp³-hybridized carbons (Fsp3) is 0.500. The third kappa shape index (κ3) is 13.0. The lowest BCUT2D eigenvalue weighted by Gasteiger charge is -2.08. The van der Waals surface area contributed by atoms with Crippen LogP contribution in [0.15, 0.2) is 72.9 Å². The molecule has 2 unspecified atom stereocenters. The predicted octanol–water partition coefficient (Wildman–Crippen LogP) is 8.14. The molecule has 0 bridgehead atoms. The molecule has 1 rings (SSSR count). The van der Waals surface area contributed by atoms with Gasteiger partial charge in [-0.1, -0.05) is 93.2 Å². The SMILES string of the molecule is CC/C=C\C/C=C\C/C=C\C/C=C\C/C=C\C/C=C\CC(CC)C1CC1=N. The molecular weight excluding hydrogens is 326 g/mol. The molecule has 1 aliphatic rings. The smallest absolute Gasteiger partial charge is 0.0133 e. The minimum Gasteiger partial charge on any atom is -0.309 e. The summed E-state index contributed by atoms with van der Waals surface area (Å²) in [6.07, 6.45) is 36.5. The molecule has 0 radical (unpaired) electrons. The Balaban J connectivity index is 1.98. The van der Waals surface area contributed by atoms with Crippen LogP contribution in [0.2, 0.25) is 0 Å². The molecule has 1 N–H and O–H groups in total. The summed E-state index contributed by atoms with van der Waals surface area (Å²) in [6, 6.07) is 0. The molecule has 0 aromatic carbocycles. The van der Waals surface area contributed by atoms with Gasteiger partial charge < -0.3 is 5.41 Å². The molecule has 0 spiro atoms. The first-order valence-corrected chi connectivity index (χ1v) is 10.8. The molecule has 0 aliphatic heterocycles. The van der Waals surface area contributed by atoms with E-state index in [0.717, 1.165) is 57.1 Å². The van der Waals surface area contributed by atoms with Crippen LogP contribution in [0.5, 0.6) is 0 Å². The number of allylic oxidation sites excluding steroid dienone is 12. The summed E-state index contributed by atoms with van der Waals surface area (Å²) in [6.45, 7) is 4.41. The third-order valence-corrected chi connectivity index (χ3v) is 4.86. The van der Waals surface area contributed by atoms with Gasteiger partial charge in [0, 0.05) is 11.6 Å². The molecule has 0 saturated heterocycles. The van der Waals surface area contributed by atoms with Crippen LogP contribution >= 0.6 is 0 Å². The Bertz CT molecular complexity index is 557. The van der Waals surface area contributed by atoms with Gasteiger partial charge in [-0.2, -0.15) is 0 Å². The summed E-state index contributed by atoms with van der Waals surface area (Å²) in [4.78, 5) is 0. The van der Waals surface area contributed by atoms with E-state index in [1.54, 1.807) is 0 Å². The van der Waals surface area contributed by atoms with E-state index in [2.05, 4.69) is 86.8 Å². The van der Waals surface area contributed by atoms with Gasteiger partial charge in [-0.15, -0.1) is 0 Å². The van der Waals surface area contributed by atoms with E-state index in [0.29, 0.717) is 11.8 Å². The zero-order valence-electron chi connectivity index (χ0n) is 17.4. The van der Waals surface area contributed by atoms with E-state index in [-0.39, 0.29) is 0 Å². The molecule has 0 amide bonds. The van der Waals surface area contributed by atoms with Gasteiger partial charge in [0.15, 0.2) is 0 Å². The first-order chi connectivity index (χ1) is 13.3. The maximum absolute atomic E-state index is 7.66. The lowest BCUT2D eigenvalue weighted by molar-refractivity contribution is 0.473. The van der Waals surface area contributed by atoms with E-state index in [1.807, 2.05) is 0 Å². The summed E-state index contributed by atoms with van der Waals surface area (Å²) >= 11 is 0. The fourth-order valence-electron chi connectivity index (χ4n) is 3.04. The van der Waals surface area contributed by atoms with Crippen LogP contribution in [0, 0.1) is 17.2 Å². The van der Waals surface area contributed by atoms with Crippen molar-refractivity contribution in [3.63, 3.8) is 0 Å². The molecule has 0 aromatic heterocycles. The topological polar surface area (TPSA) is 23.9 Å². The second kappa shape index (κ2) is 16.3. The fourth-order valence-corrected chi connectivity index (χ4v) is 3.04. The quantitative estimate of drug-likeness (QED) is 0.283. The van der Waals surface area contributed by atoms with Crippen molar-refractivity contribution in [3.8, 4) is 0 Å². The third-order valence-electron chi connectivity index (χ3n) is 4.86. The van der Waals surface area contributed by atoms with Gasteiger partial charge in [0.1, 0.15) is 0 Å². The minimum absolute atomic E-state index is 0.591. The van der Waals surface area contributed by atoms with E-state index < -0.39 is 0 Å². The van der Waals surface area contributed by atoms with Crippen LogP contribution in [-0.4, -0.2) is 5.71 Å². The Labute approximate surface area is 167 Å². The Kier molecular flexibility index (Phi) is 14.0. The Morgan fingerprint density at radius 3 is 1.41 bits per heavy atom. The van der Waals surface area contributed by atoms with Gasteiger partial charge in [0.05, 0.1) is 0 Å². The van der Waals surface area contributed by atoms with Crippen molar-refractivity contribution in [2.24, 2.45) is 11.8 Å². The second-order valence-corrected chi connectivity index (χ2v) is 7.16. The molecule has 1 nitrogen and oxygen atoms in total. The van der Waals surface area contributed by atoms with Crippen molar-refractivity contribution in [1.82, 2.24) is 0 Å². The normalized spacial score (nSPS) is 19.2. The van der Waals surface area contributed by atoms with Crippen LogP contribution in [0.25, 0.3) is 0 Å². The van der Waals surface area contributed by atoms with Crippen LogP contribution in [0.1, 0.15) is 71.6 Å². The molecule has 2 atom stereocenters. The van der Waals surface area contributed by atoms with E-state index >= 15 is 0 Å². The molecule has 1 heteroatoms. The van der Waals surface area contributed by atoms with E-state index in [1.165, 1.54) is 6.42 Å². The van der Waals surface area contributed by atoms with Crippen molar-refractivity contribution >= 4 is 5.71 Å². The Morgan fingerprint density at radius 2 is 1.07 bits per heavy atom. The highest BCUT2D eigenvalue weighted by molar-refractivity contribution is 5.98. The molecule has 0 heterocycles. The maximum atomic E-state index is 7.66. The maximum Gasteiger partial charge on any atom is 0.0133 e. The molecule has 1 saturated carbocycles. The lowest BCUT2D eigenvalue weighted by atomic mass is 9.96. The molecule has 0 aromatic rings. The second-order valence-electron chi connectivity index (χ2n) is 7.16. The standard InChI is InChI=1S/C26H39N/c1-3-5-6-7-8-9-10-11-12-13-14-15-16-17-18-19-20-21-22-24(4-2)25-23-26(25)27/h5-6,8-9,11-12,14-15,17-18,20-21,24-25,27H,3-4,7,10,13,16,19,22-23H2,1-2H3/b6-5-,9-8-,12-11-,15-14-,18-17-,21-20-,27-26?. The molecule has 1 aliphatic carbocycles. The molecule has 27 heavy (non-hydrogen) atoms. The Hall–Kier alpha value is -1.89. The summed E-state index contributed by atoms with van der Waals surface area (Å²) in [5, 5.41) is 7.66. The average Bonchev–Trinajstić information content (AvgIpc) is 3.40. The van der Waals surface area contributed by atoms with Crippen LogP contribution in [0.3, 0.4) is 0 Å². The predicted molar refractivity (Wildman–Crippen MR) is 122 cm³/mol. The average molecular weight is 366 g/mol. The van der Waals surface area contributed by atoms with Crippen LogP contribution < -0.4 is 0 Å². The van der Waals surface area contributed by atoms with Gasteiger partial charge in [-0.25, -0.2) is 0 Å². The largest absolute Gasteiger partial charge is 0.309 e. The first kappa shape index (κ1) is 23.1. The van der Waals surface area contributed by atoms with Gasteiger partial charge in [0.2, 0.25) is 0 Å². The number of rotatable bonds is 15. The molecule has 1 fully saturated rings. The minimum atomic E-state index is 0.591. The van der Waals surface area contributed by atoms with Gasteiger partial charge in [-0.3, -0.25) is 0 Å². The van der Waals surface area contributed by atoms with Gasteiger partial charge >= 0.3 is 0 Å². The van der Waals surface area contributed by atoms with Crippen molar-refractivity contribution in [2.75, 3.05) is 0 Å². The zero-order chi connectivity index (χ0) is 19.6. The van der Waals surface area contributed by atoms with Crippen molar-refractivity contribution in [3.05, 3.63) is 72.9 Å². The first-order valence-electron chi connectivity index (χ1n) is 10.8. The number of nitrogens with one attached hydrogen (secondary N) is 1. The summed E-state index contributed by atoms with van der Waals surface area (Å²) in [5.41, 5.74) is 0.966. The van der Waals surface area contributed by atoms with Crippen molar-refractivity contribution in [2.45, 2.75) is 71.6 Å². The van der Waals surface area contributed by atoms with Crippen LogP contribution in [-0.2, 0) is 0 Å². The number of hydrogen-bond donors (Lipinski definition) is 1. The number of hydrogen-bond acceptors (Lipinski definition) is 1. The summed E-state index contributed by atoms with van der Waals surface area (Å²) in [7, 11) is 0. The van der Waals surface area contributed by atoms with Gasteiger partial charge in [0.25, 0.3) is 0 Å². The van der Waals surface area contributed by atoms with Crippen molar-refractivity contribution in [1.29, 1.82) is 5.41 Å². The zero-order valence-corrected chi connectivity index (χ0v) is 17.4. The summed E-state index contributed by atoms with van der Waals surface area (Å²) in [5.74, 6) is 1.29. The highest BCUT2D eigenvalue weighted by Gasteiger charge is 2.35. The van der Waals surface area contributed by atoms with Crippen LogP contribution in [0.4, 0.5) is 0 Å². The van der Waals surface area contributed by atoms with E-state index in [4.69, 9.17) is 5.41 Å². The Morgan fingerprint density at radius 1 is 0.704 bits per heavy atom. The lowest BCUT2D eigenvalue weighted by Crippen LogP contribution is -2.01. The monoisotopic (exact) mass is 365 g/mol. The summed E-state index contributed by atoms with van der Waals surface area (Å²) < 4.78 is 0. The van der Waals surface area contributed by atoms with Crippen molar-refractivity contribution < 1.29 is 0 Å². The molecule has 148 valence electrons. The highest BCUT2D eigenvalue weighted by Crippen LogP contribution is 2.36.